The van der Waals surface area contributed by atoms with Crippen molar-refractivity contribution >= 4 is 28.9 Å². The standard InChI is InChI=1S/C16H17ClN2O3/c1-10(22-13-6-4-12(18)5-7-13)16(20)19-14-9-11(17)3-8-15(14)21-2/h3-10H,18H2,1-2H3,(H,19,20). The Kier molecular flexibility index (Phi) is 5.12. The summed E-state index contributed by atoms with van der Waals surface area (Å²) in [6.45, 7) is 1.66. The molecule has 1 atom stereocenters. The normalized spacial score (nSPS) is 11.6. The highest BCUT2D eigenvalue weighted by Gasteiger charge is 2.17. The van der Waals surface area contributed by atoms with E-state index in [-0.39, 0.29) is 5.91 Å². The number of benzene rings is 2. The van der Waals surface area contributed by atoms with Crippen molar-refractivity contribution in [1.29, 1.82) is 0 Å². The van der Waals surface area contributed by atoms with E-state index in [4.69, 9.17) is 26.8 Å². The molecular formula is C16H17ClN2O3. The second-order valence-corrected chi connectivity index (χ2v) is 5.10. The van der Waals surface area contributed by atoms with Gasteiger partial charge in [-0.25, -0.2) is 0 Å². The molecule has 0 radical (unpaired) electrons. The zero-order valence-corrected chi connectivity index (χ0v) is 13.1. The molecule has 0 aliphatic heterocycles. The molecule has 5 nitrogen and oxygen atoms in total. The van der Waals surface area contributed by atoms with Crippen LogP contribution in [0.25, 0.3) is 0 Å². The van der Waals surface area contributed by atoms with E-state index in [1.807, 2.05) is 0 Å². The maximum Gasteiger partial charge on any atom is 0.265 e. The van der Waals surface area contributed by atoms with Gasteiger partial charge in [0, 0.05) is 10.7 Å². The van der Waals surface area contributed by atoms with Crippen LogP contribution < -0.4 is 20.5 Å². The summed E-state index contributed by atoms with van der Waals surface area (Å²) in [5.41, 5.74) is 6.73. The molecule has 0 aliphatic rings. The number of anilines is 2. The molecule has 2 aromatic rings. The fourth-order valence-electron chi connectivity index (χ4n) is 1.82. The monoisotopic (exact) mass is 320 g/mol. The van der Waals surface area contributed by atoms with E-state index in [1.165, 1.54) is 7.11 Å². The molecule has 0 heterocycles. The van der Waals surface area contributed by atoms with Crippen molar-refractivity contribution in [3.63, 3.8) is 0 Å². The fraction of sp³-hybridized carbons (Fsp3) is 0.188. The summed E-state index contributed by atoms with van der Waals surface area (Å²) in [5.74, 6) is 0.782. The molecule has 1 unspecified atom stereocenters. The number of halogens is 1. The van der Waals surface area contributed by atoms with E-state index < -0.39 is 6.10 Å². The predicted molar refractivity (Wildman–Crippen MR) is 87.6 cm³/mol. The minimum Gasteiger partial charge on any atom is -0.495 e. The molecule has 0 saturated carbocycles. The van der Waals surface area contributed by atoms with Crippen LogP contribution in [0, 0.1) is 0 Å². The number of methoxy groups -OCH3 is 1. The molecule has 22 heavy (non-hydrogen) atoms. The third-order valence-electron chi connectivity index (χ3n) is 2.98. The number of hydrogen-bond acceptors (Lipinski definition) is 4. The zero-order chi connectivity index (χ0) is 16.1. The van der Waals surface area contributed by atoms with E-state index in [2.05, 4.69) is 5.32 Å². The van der Waals surface area contributed by atoms with Crippen molar-refractivity contribution in [1.82, 2.24) is 0 Å². The lowest BCUT2D eigenvalue weighted by molar-refractivity contribution is -0.122. The quantitative estimate of drug-likeness (QED) is 0.829. The molecule has 3 N–H and O–H groups in total. The number of ether oxygens (including phenoxy) is 2. The first-order valence-electron chi connectivity index (χ1n) is 6.66. The summed E-state index contributed by atoms with van der Waals surface area (Å²) >= 11 is 5.93. The van der Waals surface area contributed by atoms with Gasteiger partial charge in [0.2, 0.25) is 0 Å². The van der Waals surface area contributed by atoms with Crippen LogP contribution in [-0.4, -0.2) is 19.1 Å². The first kappa shape index (κ1) is 16.0. The van der Waals surface area contributed by atoms with Gasteiger partial charge in [-0.05, 0) is 49.4 Å². The minimum atomic E-state index is -0.688. The van der Waals surface area contributed by atoms with Crippen LogP contribution in [0.1, 0.15) is 6.92 Å². The molecule has 2 aromatic carbocycles. The second-order valence-electron chi connectivity index (χ2n) is 4.66. The van der Waals surface area contributed by atoms with Gasteiger partial charge >= 0.3 is 0 Å². The summed E-state index contributed by atoms with van der Waals surface area (Å²) < 4.78 is 10.8. The number of hydrogen-bond donors (Lipinski definition) is 2. The van der Waals surface area contributed by atoms with E-state index in [9.17, 15) is 4.79 Å². The summed E-state index contributed by atoms with van der Waals surface area (Å²) in [6.07, 6.45) is -0.688. The van der Waals surface area contributed by atoms with Crippen molar-refractivity contribution in [3.8, 4) is 11.5 Å². The highest BCUT2D eigenvalue weighted by Crippen LogP contribution is 2.28. The minimum absolute atomic E-state index is 0.308. The van der Waals surface area contributed by atoms with E-state index >= 15 is 0 Å². The number of carbonyl (C=O) groups is 1. The van der Waals surface area contributed by atoms with Crippen molar-refractivity contribution in [2.45, 2.75) is 13.0 Å². The van der Waals surface area contributed by atoms with Gasteiger partial charge in [0.05, 0.1) is 12.8 Å². The van der Waals surface area contributed by atoms with E-state index in [1.54, 1.807) is 49.4 Å². The molecule has 0 spiro atoms. The number of nitrogens with one attached hydrogen (secondary N) is 1. The van der Waals surface area contributed by atoms with Gasteiger partial charge in [0.1, 0.15) is 11.5 Å². The predicted octanol–water partition coefficient (Wildman–Crippen LogP) is 3.34. The molecule has 1 amide bonds. The Balaban J connectivity index is 2.05. The molecule has 0 aromatic heterocycles. The molecule has 2 rings (SSSR count). The van der Waals surface area contributed by atoms with Gasteiger partial charge in [-0.2, -0.15) is 0 Å². The Labute approximate surface area is 134 Å². The summed E-state index contributed by atoms with van der Waals surface area (Å²) in [4.78, 5) is 12.2. The van der Waals surface area contributed by atoms with Gasteiger partial charge in [0.15, 0.2) is 6.10 Å². The SMILES string of the molecule is COc1ccc(Cl)cc1NC(=O)C(C)Oc1ccc(N)cc1. The highest BCUT2D eigenvalue weighted by atomic mass is 35.5. The summed E-state index contributed by atoms with van der Waals surface area (Å²) in [5, 5.41) is 3.24. The molecule has 0 aliphatic carbocycles. The Hall–Kier alpha value is -2.40. The molecule has 116 valence electrons. The summed E-state index contributed by atoms with van der Waals surface area (Å²) in [7, 11) is 1.52. The van der Waals surface area contributed by atoms with Gasteiger partial charge < -0.3 is 20.5 Å². The lowest BCUT2D eigenvalue weighted by Gasteiger charge is -2.16. The number of amides is 1. The van der Waals surface area contributed by atoms with Crippen molar-refractivity contribution in [2.24, 2.45) is 0 Å². The van der Waals surface area contributed by atoms with Crippen molar-refractivity contribution < 1.29 is 14.3 Å². The third-order valence-corrected chi connectivity index (χ3v) is 3.22. The number of carbonyl (C=O) groups excluding carboxylic acids is 1. The smallest absolute Gasteiger partial charge is 0.265 e. The number of nitrogen functional groups attached to an aromatic ring is 1. The fourth-order valence-corrected chi connectivity index (χ4v) is 1.99. The van der Waals surface area contributed by atoms with Crippen LogP contribution in [0.2, 0.25) is 5.02 Å². The molecular weight excluding hydrogens is 304 g/mol. The van der Waals surface area contributed by atoms with Gasteiger partial charge in [-0.1, -0.05) is 11.6 Å². The van der Waals surface area contributed by atoms with E-state index in [0.29, 0.717) is 27.9 Å². The van der Waals surface area contributed by atoms with Crippen LogP contribution >= 0.6 is 11.6 Å². The van der Waals surface area contributed by atoms with Crippen LogP contribution in [0.3, 0.4) is 0 Å². The van der Waals surface area contributed by atoms with E-state index in [0.717, 1.165) is 0 Å². The average Bonchev–Trinajstić information content (AvgIpc) is 2.49. The Bertz CT molecular complexity index is 659. The van der Waals surface area contributed by atoms with Crippen molar-refractivity contribution in [3.05, 3.63) is 47.5 Å². The number of nitrogens with two attached hydrogens (primary N) is 1. The summed E-state index contributed by atoms with van der Waals surface area (Å²) in [6, 6.07) is 11.8. The molecule has 0 bridgehead atoms. The highest BCUT2D eigenvalue weighted by molar-refractivity contribution is 6.31. The molecule has 6 heteroatoms. The molecule has 0 fully saturated rings. The van der Waals surface area contributed by atoms with Crippen LogP contribution in [0.15, 0.2) is 42.5 Å². The first-order chi connectivity index (χ1) is 10.5. The zero-order valence-electron chi connectivity index (χ0n) is 12.3. The van der Waals surface area contributed by atoms with Gasteiger partial charge in [-0.15, -0.1) is 0 Å². The second kappa shape index (κ2) is 7.04. The maximum atomic E-state index is 12.2. The van der Waals surface area contributed by atoms with Gasteiger partial charge in [0.25, 0.3) is 5.91 Å². The maximum absolute atomic E-state index is 12.2. The number of rotatable bonds is 5. The Morgan fingerprint density at radius 1 is 1.23 bits per heavy atom. The lowest BCUT2D eigenvalue weighted by atomic mass is 10.2. The largest absolute Gasteiger partial charge is 0.495 e. The van der Waals surface area contributed by atoms with Crippen LogP contribution in [0.5, 0.6) is 11.5 Å². The first-order valence-corrected chi connectivity index (χ1v) is 7.04. The average molecular weight is 321 g/mol. The Morgan fingerprint density at radius 2 is 1.91 bits per heavy atom. The van der Waals surface area contributed by atoms with Crippen molar-refractivity contribution in [2.75, 3.05) is 18.2 Å². The lowest BCUT2D eigenvalue weighted by Crippen LogP contribution is -2.30. The topological polar surface area (TPSA) is 73.6 Å². The van der Waals surface area contributed by atoms with Crippen LogP contribution in [0.4, 0.5) is 11.4 Å². The van der Waals surface area contributed by atoms with Crippen LogP contribution in [-0.2, 0) is 4.79 Å². The Morgan fingerprint density at radius 3 is 2.55 bits per heavy atom. The third kappa shape index (κ3) is 4.05. The molecule has 0 saturated heterocycles. The van der Waals surface area contributed by atoms with Gasteiger partial charge in [-0.3, -0.25) is 4.79 Å².